The van der Waals surface area contributed by atoms with E-state index in [2.05, 4.69) is 0 Å². The molecule has 0 aliphatic carbocycles. The lowest BCUT2D eigenvalue weighted by atomic mass is 9.99. The van der Waals surface area contributed by atoms with Gasteiger partial charge in [-0.05, 0) is 43.5 Å². The van der Waals surface area contributed by atoms with Crippen LogP contribution in [0.1, 0.15) is 18.9 Å². The maximum Gasteiger partial charge on any atom is 0.274 e. The maximum absolute atomic E-state index is 12.9. The number of benzene rings is 1. The first-order chi connectivity index (χ1) is 9.50. The van der Waals surface area contributed by atoms with E-state index in [4.69, 9.17) is 11.6 Å². The van der Waals surface area contributed by atoms with Gasteiger partial charge >= 0.3 is 0 Å². The number of sulfonamides is 1. The average molecular weight is 328 g/mol. The molecular weight excluding hydrogens is 314 g/mol. The summed E-state index contributed by atoms with van der Waals surface area (Å²) in [5.74, 6) is 0. The van der Waals surface area contributed by atoms with E-state index in [-0.39, 0.29) is 6.04 Å². The fourth-order valence-corrected chi connectivity index (χ4v) is 5.85. The molecule has 0 bridgehead atoms. The largest absolute Gasteiger partial charge is 0.274 e. The van der Waals surface area contributed by atoms with Crippen LogP contribution < -0.4 is 4.31 Å². The van der Waals surface area contributed by atoms with Crippen molar-refractivity contribution in [2.75, 3.05) is 4.31 Å². The van der Waals surface area contributed by atoms with Crippen molar-refractivity contribution >= 4 is 38.6 Å². The first kappa shape index (κ1) is 13.9. The predicted molar refractivity (Wildman–Crippen MR) is 83.2 cm³/mol. The van der Waals surface area contributed by atoms with Gasteiger partial charge in [0.1, 0.15) is 4.21 Å². The van der Waals surface area contributed by atoms with Crippen molar-refractivity contribution in [2.45, 2.75) is 30.0 Å². The second kappa shape index (κ2) is 5.06. The molecule has 1 aliphatic heterocycles. The summed E-state index contributed by atoms with van der Waals surface area (Å²) in [5, 5.41) is 0. The van der Waals surface area contributed by atoms with Gasteiger partial charge in [-0.25, -0.2) is 8.42 Å². The standard InChI is InChI=1S/C14H14ClNO2S2/c1-10-6-7-11-4-2-3-5-12(11)16(10)20(17,18)14-9-8-13(15)19-14/h2-5,8-10H,6-7H2,1H3/t10-/m1/s1. The van der Waals surface area contributed by atoms with Crippen LogP contribution in [0.4, 0.5) is 5.69 Å². The fraction of sp³-hybridized carbons (Fsp3) is 0.286. The number of nitrogens with zero attached hydrogens (tertiary/aromatic N) is 1. The van der Waals surface area contributed by atoms with Crippen molar-refractivity contribution in [1.82, 2.24) is 0 Å². The highest BCUT2D eigenvalue weighted by Gasteiger charge is 2.34. The summed E-state index contributed by atoms with van der Waals surface area (Å²) in [6.07, 6.45) is 1.74. The van der Waals surface area contributed by atoms with Gasteiger partial charge < -0.3 is 0 Å². The van der Waals surface area contributed by atoms with Gasteiger partial charge in [0.15, 0.2) is 0 Å². The molecule has 1 aromatic carbocycles. The summed E-state index contributed by atoms with van der Waals surface area (Å²) in [6.45, 7) is 1.95. The van der Waals surface area contributed by atoms with Crippen LogP contribution in [0, 0.1) is 0 Å². The molecule has 0 fully saturated rings. The van der Waals surface area contributed by atoms with E-state index in [1.807, 2.05) is 31.2 Å². The smallest absolute Gasteiger partial charge is 0.263 e. The second-order valence-electron chi connectivity index (χ2n) is 4.88. The summed E-state index contributed by atoms with van der Waals surface area (Å²) in [6, 6.07) is 10.8. The quantitative estimate of drug-likeness (QED) is 0.838. The molecule has 2 aromatic rings. The van der Waals surface area contributed by atoms with E-state index in [0.717, 1.165) is 35.4 Å². The molecule has 1 atom stereocenters. The van der Waals surface area contributed by atoms with Gasteiger partial charge in [-0.3, -0.25) is 4.31 Å². The lowest BCUT2D eigenvalue weighted by Gasteiger charge is -2.35. The molecular formula is C14H14ClNO2S2. The van der Waals surface area contributed by atoms with Crippen LogP contribution in [0.25, 0.3) is 0 Å². The number of hydrogen-bond donors (Lipinski definition) is 0. The third-order valence-corrected chi connectivity index (χ3v) is 7.15. The molecule has 0 amide bonds. The van der Waals surface area contributed by atoms with Crippen LogP contribution in [-0.4, -0.2) is 14.5 Å². The number of para-hydroxylation sites is 1. The SMILES string of the molecule is C[C@@H]1CCc2ccccc2N1S(=O)(=O)c1ccc(Cl)s1. The van der Waals surface area contributed by atoms with Crippen LogP contribution in [0.15, 0.2) is 40.6 Å². The third-order valence-electron chi connectivity index (χ3n) is 3.52. The van der Waals surface area contributed by atoms with Crippen LogP contribution in [-0.2, 0) is 16.4 Å². The molecule has 1 aromatic heterocycles. The Morgan fingerprint density at radius 2 is 2.00 bits per heavy atom. The number of fused-ring (bicyclic) bond motifs is 1. The Bertz CT molecular complexity index is 739. The van der Waals surface area contributed by atoms with Gasteiger partial charge in [0.05, 0.1) is 10.0 Å². The number of rotatable bonds is 2. The molecule has 0 saturated heterocycles. The van der Waals surface area contributed by atoms with Crippen molar-refractivity contribution in [2.24, 2.45) is 0 Å². The van der Waals surface area contributed by atoms with Crippen molar-refractivity contribution in [3.8, 4) is 0 Å². The Kier molecular flexibility index (Phi) is 3.52. The van der Waals surface area contributed by atoms with E-state index in [1.165, 1.54) is 4.31 Å². The molecule has 2 heterocycles. The Balaban J connectivity index is 2.13. The van der Waals surface area contributed by atoms with Gasteiger partial charge in [-0.2, -0.15) is 0 Å². The molecule has 3 rings (SSSR count). The zero-order valence-electron chi connectivity index (χ0n) is 10.9. The van der Waals surface area contributed by atoms with Gasteiger partial charge in [-0.1, -0.05) is 29.8 Å². The molecule has 20 heavy (non-hydrogen) atoms. The molecule has 106 valence electrons. The van der Waals surface area contributed by atoms with Gasteiger partial charge in [0.2, 0.25) is 0 Å². The Morgan fingerprint density at radius 1 is 1.25 bits per heavy atom. The van der Waals surface area contributed by atoms with E-state index in [0.29, 0.717) is 8.55 Å². The minimum Gasteiger partial charge on any atom is -0.263 e. The van der Waals surface area contributed by atoms with Crippen molar-refractivity contribution in [3.63, 3.8) is 0 Å². The topological polar surface area (TPSA) is 37.4 Å². The number of halogens is 1. The van der Waals surface area contributed by atoms with E-state index >= 15 is 0 Å². The molecule has 0 spiro atoms. The van der Waals surface area contributed by atoms with E-state index in [1.54, 1.807) is 12.1 Å². The highest BCUT2D eigenvalue weighted by atomic mass is 35.5. The molecule has 6 heteroatoms. The summed E-state index contributed by atoms with van der Waals surface area (Å²) in [5.41, 5.74) is 1.87. The Morgan fingerprint density at radius 3 is 2.70 bits per heavy atom. The minimum absolute atomic E-state index is 0.0456. The average Bonchev–Trinajstić information content (AvgIpc) is 2.85. The zero-order valence-corrected chi connectivity index (χ0v) is 13.3. The van der Waals surface area contributed by atoms with Gasteiger partial charge in [0, 0.05) is 6.04 Å². The molecule has 1 aliphatic rings. The number of anilines is 1. The summed E-state index contributed by atoms with van der Waals surface area (Å²) < 4.78 is 28.0. The number of aryl methyl sites for hydroxylation is 1. The molecule has 3 nitrogen and oxygen atoms in total. The Hall–Kier alpha value is -1.04. The van der Waals surface area contributed by atoms with Crippen LogP contribution >= 0.6 is 22.9 Å². The molecule has 0 unspecified atom stereocenters. The summed E-state index contributed by atoms with van der Waals surface area (Å²) >= 11 is 6.98. The zero-order chi connectivity index (χ0) is 14.3. The van der Waals surface area contributed by atoms with E-state index < -0.39 is 10.0 Å². The lowest BCUT2D eigenvalue weighted by molar-refractivity contribution is 0.565. The summed E-state index contributed by atoms with van der Waals surface area (Å²) in [4.78, 5) is 0. The van der Waals surface area contributed by atoms with Crippen LogP contribution in [0.2, 0.25) is 4.34 Å². The van der Waals surface area contributed by atoms with Crippen LogP contribution in [0.5, 0.6) is 0 Å². The first-order valence-electron chi connectivity index (χ1n) is 6.38. The highest BCUT2D eigenvalue weighted by Crippen LogP contribution is 2.37. The highest BCUT2D eigenvalue weighted by molar-refractivity contribution is 7.94. The predicted octanol–water partition coefficient (Wildman–Crippen LogP) is 3.93. The number of hydrogen-bond acceptors (Lipinski definition) is 3. The Labute approximate surface area is 127 Å². The van der Waals surface area contributed by atoms with Crippen molar-refractivity contribution < 1.29 is 8.42 Å². The number of thiophene rings is 1. The second-order valence-corrected chi connectivity index (χ2v) is 8.63. The third kappa shape index (κ3) is 2.24. The summed E-state index contributed by atoms with van der Waals surface area (Å²) in [7, 11) is -3.54. The van der Waals surface area contributed by atoms with Gasteiger partial charge in [0.25, 0.3) is 10.0 Å². The molecule has 0 radical (unpaired) electrons. The monoisotopic (exact) mass is 327 g/mol. The van der Waals surface area contributed by atoms with Crippen molar-refractivity contribution in [3.05, 3.63) is 46.3 Å². The molecule has 0 N–H and O–H groups in total. The van der Waals surface area contributed by atoms with Gasteiger partial charge in [-0.15, -0.1) is 11.3 Å². The first-order valence-corrected chi connectivity index (χ1v) is 9.01. The fourth-order valence-electron chi connectivity index (χ4n) is 2.56. The maximum atomic E-state index is 12.9. The van der Waals surface area contributed by atoms with E-state index in [9.17, 15) is 8.42 Å². The normalized spacial score (nSPS) is 18.9. The van der Waals surface area contributed by atoms with Crippen LogP contribution in [0.3, 0.4) is 0 Å². The minimum atomic E-state index is -3.54. The van der Waals surface area contributed by atoms with Crippen molar-refractivity contribution in [1.29, 1.82) is 0 Å². The molecule has 0 saturated carbocycles. The lowest BCUT2D eigenvalue weighted by Crippen LogP contribution is -2.41.